The zero-order valence-corrected chi connectivity index (χ0v) is 22.4. The topological polar surface area (TPSA) is 39.2 Å². The predicted octanol–water partition coefficient (Wildman–Crippen LogP) is 11.0. The van der Waals surface area contributed by atoms with Gasteiger partial charge in [0.2, 0.25) is 5.89 Å². The van der Waals surface area contributed by atoms with Crippen LogP contribution in [0.3, 0.4) is 0 Å². The Morgan fingerprint density at radius 3 is 2.10 bits per heavy atom. The van der Waals surface area contributed by atoms with E-state index in [0.717, 1.165) is 65.9 Å². The minimum atomic E-state index is 0.635. The molecule has 10 rings (SSSR count). The molecule has 0 unspecified atom stereocenters. The summed E-state index contributed by atoms with van der Waals surface area (Å²) in [5.74, 6) is 0.635. The minimum absolute atomic E-state index is 0.635. The molecular weight excluding hydrogens is 514 g/mol. The monoisotopic (exact) mass is 535 g/mol. The fraction of sp³-hybridized carbons (Fsp3) is 0. The van der Waals surface area contributed by atoms with Crippen molar-refractivity contribution in [1.82, 2.24) is 4.98 Å². The van der Waals surface area contributed by atoms with Crippen LogP contribution < -0.4 is 0 Å². The van der Waals surface area contributed by atoms with Gasteiger partial charge >= 0.3 is 0 Å². The highest BCUT2D eigenvalue weighted by Crippen LogP contribution is 2.51. The first-order chi connectivity index (χ1) is 20.8. The van der Waals surface area contributed by atoms with Gasteiger partial charge in [-0.25, -0.2) is 4.98 Å². The minimum Gasteiger partial charge on any atom is -0.455 e. The molecule has 0 amide bonds. The summed E-state index contributed by atoms with van der Waals surface area (Å²) in [5, 5.41) is 6.88. The lowest BCUT2D eigenvalue weighted by Crippen LogP contribution is -1.82. The smallest absolute Gasteiger partial charge is 0.227 e. The van der Waals surface area contributed by atoms with Crippen LogP contribution in [0.5, 0.6) is 0 Å². The summed E-state index contributed by atoms with van der Waals surface area (Å²) in [5.41, 5.74) is 11.8. The Morgan fingerprint density at radius 2 is 1.19 bits per heavy atom. The van der Waals surface area contributed by atoms with Crippen LogP contribution in [0, 0.1) is 0 Å². The second kappa shape index (κ2) is 7.96. The SMILES string of the molecule is c1ccc(-c2nc3ccc4ccc(-c5cccc6oc7c8cccc9c8c(cc7c56)-c5ccccc5-9)cc4c3o2)cc1. The van der Waals surface area contributed by atoms with Gasteiger partial charge in [0.05, 0.1) is 0 Å². The van der Waals surface area contributed by atoms with Crippen molar-refractivity contribution in [3.63, 3.8) is 0 Å². The second-order valence-electron chi connectivity index (χ2n) is 11.1. The van der Waals surface area contributed by atoms with Gasteiger partial charge in [-0.1, -0.05) is 91.0 Å². The summed E-state index contributed by atoms with van der Waals surface area (Å²) >= 11 is 0. The molecule has 0 radical (unpaired) electrons. The van der Waals surface area contributed by atoms with E-state index in [1.165, 1.54) is 27.6 Å². The molecule has 194 valence electrons. The van der Waals surface area contributed by atoms with Gasteiger partial charge in [0.1, 0.15) is 16.7 Å². The average Bonchev–Trinajstić information content (AvgIpc) is 3.75. The molecule has 0 aliphatic heterocycles. The van der Waals surface area contributed by atoms with Gasteiger partial charge in [0, 0.05) is 32.5 Å². The predicted molar refractivity (Wildman–Crippen MR) is 172 cm³/mol. The third-order valence-electron chi connectivity index (χ3n) is 8.83. The molecule has 1 aliphatic carbocycles. The quantitative estimate of drug-likeness (QED) is 0.221. The average molecular weight is 536 g/mol. The summed E-state index contributed by atoms with van der Waals surface area (Å²) in [7, 11) is 0. The van der Waals surface area contributed by atoms with E-state index in [9.17, 15) is 0 Å². The first kappa shape index (κ1) is 22.1. The molecule has 7 aromatic carbocycles. The number of hydrogen-bond donors (Lipinski definition) is 0. The molecule has 0 saturated carbocycles. The van der Waals surface area contributed by atoms with Crippen molar-refractivity contribution >= 4 is 54.6 Å². The molecule has 2 heterocycles. The van der Waals surface area contributed by atoms with Crippen molar-refractivity contribution in [1.29, 1.82) is 0 Å². The van der Waals surface area contributed by atoms with Crippen molar-refractivity contribution in [2.75, 3.05) is 0 Å². The number of nitrogens with zero attached hydrogens (tertiary/aromatic N) is 1. The number of rotatable bonds is 2. The van der Waals surface area contributed by atoms with E-state index in [2.05, 4.69) is 91.0 Å². The van der Waals surface area contributed by atoms with Crippen molar-refractivity contribution in [3.05, 3.63) is 127 Å². The van der Waals surface area contributed by atoms with E-state index in [4.69, 9.17) is 13.8 Å². The van der Waals surface area contributed by atoms with Crippen LogP contribution in [0.25, 0.3) is 99.4 Å². The van der Waals surface area contributed by atoms with Gasteiger partial charge in [-0.3, -0.25) is 0 Å². The summed E-state index contributed by atoms with van der Waals surface area (Å²) in [6.45, 7) is 0. The van der Waals surface area contributed by atoms with Gasteiger partial charge in [0.15, 0.2) is 5.58 Å². The van der Waals surface area contributed by atoms with Gasteiger partial charge in [-0.05, 0) is 75.2 Å². The molecule has 42 heavy (non-hydrogen) atoms. The standard InChI is InChI=1S/C39H21NO2/c1-2-8-23(9-3-1)39-40-33-19-18-22-16-17-24(20-30(22)38(33)42-39)25-12-7-15-34-36(25)32-21-31-27-11-5-4-10-26(27)28-13-6-14-29(35(28)31)37(32)41-34/h1-21H. The van der Waals surface area contributed by atoms with Crippen molar-refractivity contribution in [2.45, 2.75) is 0 Å². The van der Waals surface area contributed by atoms with Gasteiger partial charge in [0.25, 0.3) is 0 Å². The number of oxazole rings is 1. The van der Waals surface area contributed by atoms with Gasteiger partial charge < -0.3 is 8.83 Å². The maximum Gasteiger partial charge on any atom is 0.227 e. The highest BCUT2D eigenvalue weighted by Gasteiger charge is 2.25. The molecule has 0 bridgehead atoms. The first-order valence-electron chi connectivity index (χ1n) is 14.2. The largest absolute Gasteiger partial charge is 0.455 e. The number of hydrogen-bond acceptors (Lipinski definition) is 3. The fourth-order valence-corrected chi connectivity index (χ4v) is 6.97. The Bertz CT molecular complexity index is 2570. The lowest BCUT2D eigenvalue weighted by atomic mass is 9.94. The second-order valence-corrected chi connectivity index (χ2v) is 11.1. The molecule has 9 aromatic rings. The lowest BCUT2D eigenvalue weighted by Gasteiger charge is -2.07. The Hall–Kier alpha value is -5.67. The highest BCUT2D eigenvalue weighted by atomic mass is 16.3. The van der Waals surface area contributed by atoms with Crippen molar-refractivity contribution in [3.8, 4) is 44.8 Å². The normalized spacial score (nSPS) is 12.3. The Labute approximate surface area is 240 Å². The number of aromatic nitrogens is 1. The van der Waals surface area contributed by atoms with Crippen LogP contribution in [0.4, 0.5) is 0 Å². The maximum absolute atomic E-state index is 6.65. The molecule has 0 saturated heterocycles. The Kier molecular flexibility index (Phi) is 4.18. The van der Waals surface area contributed by atoms with E-state index in [1.807, 2.05) is 36.4 Å². The zero-order valence-electron chi connectivity index (χ0n) is 22.4. The van der Waals surface area contributed by atoms with E-state index in [1.54, 1.807) is 0 Å². The molecule has 2 aromatic heterocycles. The third kappa shape index (κ3) is 2.87. The molecule has 0 atom stereocenters. The van der Waals surface area contributed by atoms with Crippen LogP contribution in [-0.4, -0.2) is 4.98 Å². The van der Waals surface area contributed by atoms with Crippen LogP contribution in [0.1, 0.15) is 0 Å². The lowest BCUT2D eigenvalue weighted by molar-refractivity contribution is 0.623. The molecule has 0 spiro atoms. The van der Waals surface area contributed by atoms with E-state index >= 15 is 0 Å². The van der Waals surface area contributed by atoms with Crippen LogP contribution in [0.2, 0.25) is 0 Å². The van der Waals surface area contributed by atoms with Crippen LogP contribution >= 0.6 is 0 Å². The molecule has 0 fully saturated rings. The molecular formula is C39H21NO2. The number of furan rings is 1. The fourth-order valence-electron chi connectivity index (χ4n) is 6.97. The summed E-state index contributed by atoms with van der Waals surface area (Å²) < 4.78 is 13.0. The third-order valence-corrected chi connectivity index (χ3v) is 8.83. The zero-order chi connectivity index (χ0) is 27.4. The number of benzene rings is 7. The highest BCUT2D eigenvalue weighted by molar-refractivity contribution is 6.27. The summed E-state index contributed by atoms with van der Waals surface area (Å²) in [6.07, 6.45) is 0. The van der Waals surface area contributed by atoms with Crippen LogP contribution in [0.15, 0.2) is 136 Å². The number of fused-ring (bicyclic) bond motifs is 10. The Morgan fingerprint density at radius 1 is 0.429 bits per heavy atom. The molecule has 0 N–H and O–H groups in total. The molecule has 3 nitrogen and oxygen atoms in total. The van der Waals surface area contributed by atoms with Crippen LogP contribution in [-0.2, 0) is 0 Å². The summed E-state index contributed by atoms with van der Waals surface area (Å²) in [4.78, 5) is 4.81. The van der Waals surface area contributed by atoms with E-state index < -0.39 is 0 Å². The van der Waals surface area contributed by atoms with Gasteiger partial charge in [-0.2, -0.15) is 0 Å². The van der Waals surface area contributed by atoms with Crippen molar-refractivity contribution < 1.29 is 8.83 Å². The first-order valence-corrected chi connectivity index (χ1v) is 14.2. The van der Waals surface area contributed by atoms with Crippen molar-refractivity contribution in [2.24, 2.45) is 0 Å². The van der Waals surface area contributed by atoms with E-state index in [0.29, 0.717) is 5.89 Å². The Balaban J connectivity index is 1.25. The van der Waals surface area contributed by atoms with Gasteiger partial charge in [-0.15, -0.1) is 0 Å². The maximum atomic E-state index is 6.65. The summed E-state index contributed by atoms with van der Waals surface area (Å²) in [6, 6.07) is 44.8. The van der Waals surface area contributed by atoms with E-state index in [-0.39, 0.29) is 0 Å². The molecule has 3 heteroatoms. The molecule has 1 aliphatic rings.